The van der Waals surface area contributed by atoms with Crippen LogP contribution in [0.25, 0.3) is 11.2 Å². The van der Waals surface area contributed by atoms with Gasteiger partial charge >= 0.3 is 13.8 Å². The maximum atomic E-state index is 16.1. The standard InChI is InChI=1S/C23H34FN6O8PS/c1-12(2)15(25)18(31)34-10-22(3,4)20(32)40-7-6-35-39(33)36-9-14-16(38-39)23(5,24)19(37-14)30-11-28-13-8-27-21(26)29-17(13)30/h8,11-12,14-16,19H,6-7,9-10,25H2,1-5H3,(H2,26,27,29)/t14-,15+,16-,19-,23-,39-/m1/s1. The number of nitrogens with zero attached hydrogens (tertiary/aromatic N) is 4. The largest absolute Gasteiger partial charge is 0.475 e. The topological polar surface area (TPSA) is 193 Å². The molecule has 4 N–H and O–H groups in total. The molecule has 17 heteroatoms. The Labute approximate surface area is 234 Å². The summed E-state index contributed by atoms with van der Waals surface area (Å²) in [5, 5.41) is -0.272. The van der Waals surface area contributed by atoms with Gasteiger partial charge < -0.3 is 20.9 Å². The third kappa shape index (κ3) is 6.32. The van der Waals surface area contributed by atoms with E-state index in [1.54, 1.807) is 27.7 Å². The molecule has 14 nitrogen and oxygen atoms in total. The van der Waals surface area contributed by atoms with E-state index in [2.05, 4.69) is 15.0 Å². The van der Waals surface area contributed by atoms with Crippen molar-refractivity contribution in [1.29, 1.82) is 0 Å². The van der Waals surface area contributed by atoms with Gasteiger partial charge in [0.25, 0.3) is 0 Å². The van der Waals surface area contributed by atoms with Crippen molar-refractivity contribution in [2.45, 2.75) is 64.8 Å². The normalized spacial score (nSPS) is 29.4. The van der Waals surface area contributed by atoms with E-state index in [0.717, 1.165) is 11.8 Å². The number of phosphoric acid groups is 1. The monoisotopic (exact) mass is 604 g/mol. The zero-order valence-corrected chi connectivity index (χ0v) is 24.5. The summed E-state index contributed by atoms with van der Waals surface area (Å²) >= 11 is 0.907. The molecule has 2 aliphatic heterocycles. The van der Waals surface area contributed by atoms with E-state index in [-0.39, 0.29) is 48.2 Å². The van der Waals surface area contributed by atoms with Crippen LogP contribution in [0.15, 0.2) is 12.5 Å². The average Bonchev–Trinajstić information content (AvgIpc) is 3.41. The molecule has 40 heavy (non-hydrogen) atoms. The Kier molecular flexibility index (Phi) is 8.91. The second-order valence-electron chi connectivity index (χ2n) is 10.8. The zero-order chi connectivity index (χ0) is 29.5. The van der Waals surface area contributed by atoms with Crippen LogP contribution in [-0.2, 0) is 37.2 Å². The van der Waals surface area contributed by atoms with Crippen LogP contribution in [0.2, 0.25) is 0 Å². The minimum atomic E-state index is -4.17. The van der Waals surface area contributed by atoms with Crippen molar-refractivity contribution in [3.63, 3.8) is 0 Å². The number of carbonyl (C=O) groups is 2. The number of nitrogen functional groups attached to an aromatic ring is 1. The number of alkyl halides is 1. The van der Waals surface area contributed by atoms with Crippen LogP contribution >= 0.6 is 19.6 Å². The van der Waals surface area contributed by atoms with Crippen LogP contribution in [0.3, 0.4) is 0 Å². The number of carbonyl (C=O) groups excluding carboxylic acids is 2. The Bertz CT molecular complexity index is 1310. The number of hydrogen-bond donors (Lipinski definition) is 2. The molecular weight excluding hydrogens is 570 g/mol. The number of imidazole rings is 1. The summed E-state index contributed by atoms with van der Waals surface area (Å²) in [5.41, 5.74) is 8.94. The second-order valence-corrected chi connectivity index (χ2v) is 13.5. The van der Waals surface area contributed by atoms with Crippen LogP contribution in [0.4, 0.5) is 10.3 Å². The van der Waals surface area contributed by atoms with Crippen molar-refractivity contribution in [1.82, 2.24) is 19.5 Å². The van der Waals surface area contributed by atoms with E-state index >= 15 is 4.39 Å². The summed E-state index contributed by atoms with van der Waals surface area (Å²) in [7, 11) is -4.17. The fourth-order valence-electron chi connectivity index (χ4n) is 4.08. The summed E-state index contributed by atoms with van der Waals surface area (Å²) in [6, 6.07) is -0.780. The Morgan fingerprint density at radius 2 is 2.10 bits per heavy atom. The molecule has 0 aliphatic carbocycles. The lowest BCUT2D eigenvalue weighted by Gasteiger charge is -2.33. The number of esters is 1. The molecular formula is C23H34FN6O8PS. The second kappa shape index (κ2) is 11.6. The van der Waals surface area contributed by atoms with Gasteiger partial charge in [-0.2, -0.15) is 4.98 Å². The van der Waals surface area contributed by atoms with E-state index < -0.39 is 49.4 Å². The molecule has 2 aromatic heterocycles. The summed E-state index contributed by atoms with van der Waals surface area (Å²) in [6.45, 7) is 7.54. The molecule has 0 aromatic carbocycles. The number of anilines is 1. The van der Waals surface area contributed by atoms with Gasteiger partial charge in [-0.1, -0.05) is 25.6 Å². The molecule has 2 saturated heterocycles. The van der Waals surface area contributed by atoms with E-state index in [4.69, 9.17) is 34.5 Å². The minimum Gasteiger partial charge on any atom is -0.463 e. The fourth-order valence-corrected chi connectivity index (χ4v) is 6.47. The molecule has 0 bridgehead atoms. The first-order valence-electron chi connectivity index (χ1n) is 12.6. The Morgan fingerprint density at radius 3 is 2.80 bits per heavy atom. The summed E-state index contributed by atoms with van der Waals surface area (Å²) < 4.78 is 57.9. The van der Waals surface area contributed by atoms with E-state index in [1.807, 2.05) is 0 Å². The van der Waals surface area contributed by atoms with Crippen molar-refractivity contribution in [3.05, 3.63) is 12.5 Å². The first-order chi connectivity index (χ1) is 18.6. The van der Waals surface area contributed by atoms with Crippen LogP contribution in [-0.4, -0.2) is 80.1 Å². The number of hydrogen-bond acceptors (Lipinski definition) is 14. The van der Waals surface area contributed by atoms with Gasteiger partial charge in [-0.15, -0.1) is 0 Å². The van der Waals surface area contributed by atoms with Crippen molar-refractivity contribution >= 4 is 47.8 Å². The van der Waals surface area contributed by atoms with Gasteiger partial charge in [0.15, 0.2) is 22.7 Å². The third-order valence-corrected chi connectivity index (χ3v) is 9.23. The molecule has 2 fully saturated rings. The number of nitrogens with two attached hydrogens (primary N) is 2. The number of aromatic nitrogens is 4. The lowest BCUT2D eigenvalue weighted by atomic mass is 9.97. The third-order valence-electron chi connectivity index (χ3n) is 6.59. The highest BCUT2D eigenvalue weighted by Gasteiger charge is 2.61. The van der Waals surface area contributed by atoms with Crippen LogP contribution in [0, 0.1) is 11.3 Å². The van der Waals surface area contributed by atoms with Crippen molar-refractivity contribution in [2.75, 3.05) is 31.3 Å². The molecule has 0 amide bonds. The smallest absolute Gasteiger partial charge is 0.463 e. The minimum absolute atomic E-state index is 0.0150. The van der Waals surface area contributed by atoms with Crippen LogP contribution < -0.4 is 11.5 Å². The van der Waals surface area contributed by atoms with E-state index in [9.17, 15) is 14.2 Å². The predicted molar refractivity (Wildman–Crippen MR) is 143 cm³/mol. The lowest BCUT2D eigenvalue weighted by Crippen LogP contribution is -2.44. The molecule has 0 saturated carbocycles. The molecule has 0 radical (unpaired) electrons. The average molecular weight is 605 g/mol. The number of ether oxygens (including phenoxy) is 2. The molecule has 6 atom stereocenters. The molecule has 4 heterocycles. The number of fused-ring (bicyclic) bond motifs is 2. The van der Waals surface area contributed by atoms with Crippen molar-refractivity contribution in [2.24, 2.45) is 17.1 Å². The highest BCUT2D eigenvalue weighted by Crippen LogP contribution is 2.59. The van der Waals surface area contributed by atoms with E-state index in [0.29, 0.717) is 5.52 Å². The van der Waals surface area contributed by atoms with Gasteiger partial charge in [0.2, 0.25) is 5.95 Å². The van der Waals surface area contributed by atoms with E-state index in [1.165, 1.54) is 24.0 Å². The maximum Gasteiger partial charge on any atom is 0.475 e. The summed E-state index contributed by atoms with van der Waals surface area (Å²) in [6.07, 6.45) is -0.632. The zero-order valence-electron chi connectivity index (χ0n) is 22.8. The van der Waals surface area contributed by atoms with Gasteiger partial charge in [0, 0.05) is 5.75 Å². The molecule has 2 aliphatic rings. The maximum absolute atomic E-state index is 16.1. The molecule has 0 spiro atoms. The lowest BCUT2D eigenvalue weighted by molar-refractivity contribution is -0.150. The van der Waals surface area contributed by atoms with Crippen LogP contribution in [0.5, 0.6) is 0 Å². The number of phosphoric ester groups is 1. The highest BCUT2D eigenvalue weighted by atomic mass is 32.2. The molecule has 4 rings (SSSR count). The van der Waals surface area contributed by atoms with Crippen molar-refractivity contribution < 1.29 is 41.6 Å². The number of rotatable bonds is 10. The van der Waals surface area contributed by atoms with Gasteiger partial charge in [-0.25, -0.2) is 18.9 Å². The molecule has 2 aromatic rings. The Balaban J connectivity index is 1.30. The fraction of sp³-hybridized carbons (Fsp3) is 0.696. The number of halogens is 1. The first kappa shape index (κ1) is 30.8. The number of thioether (sulfide) groups is 1. The Hall–Kier alpha value is -2.20. The predicted octanol–water partition coefficient (Wildman–Crippen LogP) is 2.39. The quantitative estimate of drug-likeness (QED) is 0.228. The van der Waals surface area contributed by atoms with Gasteiger partial charge in [-0.05, 0) is 26.7 Å². The molecule has 0 unspecified atom stereocenters. The summed E-state index contributed by atoms with van der Waals surface area (Å²) in [5.74, 6) is -0.597. The van der Waals surface area contributed by atoms with Crippen molar-refractivity contribution in [3.8, 4) is 0 Å². The van der Waals surface area contributed by atoms with Gasteiger partial charge in [0.1, 0.15) is 30.4 Å². The van der Waals surface area contributed by atoms with Crippen LogP contribution in [0.1, 0.15) is 40.8 Å². The Morgan fingerprint density at radius 1 is 1.38 bits per heavy atom. The molecule has 222 valence electrons. The SMILES string of the molecule is CC(C)[C@H](N)C(=O)OCC(C)(C)C(=O)SCCO[P@]1(=O)OC[C@H]2O[C@@H](n3cnc4cnc(N)nc43)[C@](C)(F)[C@@H]2O1. The first-order valence-corrected chi connectivity index (χ1v) is 15.1. The highest BCUT2D eigenvalue weighted by molar-refractivity contribution is 8.13. The van der Waals surface area contributed by atoms with Gasteiger partial charge in [-0.3, -0.25) is 27.7 Å². The summed E-state index contributed by atoms with van der Waals surface area (Å²) in [4.78, 5) is 36.8. The van der Waals surface area contributed by atoms with Gasteiger partial charge in [0.05, 0.1) is 31.2 Å².